The molecule has 1 fully saturated rings. The second-order valence-corrected chi connectivity index (χ2v) is 7.16. The summed E-state index contributed by atoms with van der Waals surface area (Å²) in [5.41, 5.74) is 0. The van der Waals surface area contributed by atoms with Gasteiger partial charge < -0.3 is 39.2 Å². The molecule has 0 bridgehead atoms. The Labute approximate surface area is 139 Å². The van der Waals surface area contributed by atoms with E-state index in [4.69, 9.17) is 18.5 Å². The van der Waals surface area contributed by atoms with Crippen molar-refractivity contribution in [3.05, 3.63) is 11.9 Å². The largest absolute Gasteiger partial charge is 0.394 e. The molecule has 4 N–H and O–H groups in total. The second kappa shape index (κ2) is 9.59. The van der Waals surface area contributed by atoms with Crippen molar-refractivity contribution in [2.24, 2.45) is 0 Å². The first-order chi connectivity index (χ1) is 11.3. The topological polar surface area (TPSA) is 144 Å². The molecule has 0 unspecified atom stereocenters. The van der Waals surface area contributed by atoms with E-state index in [1.165, 1.54) is 33.0 Å². The number of carbonyl (C=O) groups is 1. The van der Waals surface area contributed by atoms with Gasteiger partial charge in [-0.1, -0.05) is 6.08 Å². The summed E-state index contributed by atoms with van der Waals surface area (Å²) in [5, 5.41) is 31.5. The van der Waals surface area contributed by atoms with Crippen LogP contribution in [0.15, 0.2) is 11.9 Å². The first-order valence-corrected chi connectivity index (χ1v) is 8.79. The Hall–Kier alpha value is -0.840. The summed E-state index contributed by atoms with van der Waals surface area (Å²) in [7, 11) is -0.865. The first kappa shape index (κ1) is 21.2. The van der Waals surface area contributed by atoms with E-state index in [2.05, 4.69) is 5.32 Å². The summed E-state index contributed by atoms with van der Waals surface area (Å²) in [4.78, 5) is 11.3. The fraction of sp³-hybridized carbons (Fsp3) is 0.769. The Kier molecular flexibility index (Phi) is 8.48. The third kappa shape index (κ3) is 5.61. The zero-order chi connectivity index (χ0) is 18.3. The number of ether oxygens (including phenoxy) is 2. The third-order valence-corrected chi connectivity index (χ3v) is 5.00. The van der Waals surface area contributed by atoms with Crippen molar-refractivity contribution in [1.29, 1.82) is 0 Å². The van der Waals surface area contributed by atoms with Gasteiger partial charge in [0.2, 0.25) is 5.91 Å². The Morgan fingerprint density at radius 3 is 2.42 bits per heavy atom. The Morgan fingerprint density at radius 1 is 1.29 bits per heavy atom. The molecule has 10 nitrogen and oxygen atoms in total. The molecule has 1 aliphatic rings. The lowest BCUT2D eigenvalue weighted by atomic mass is 9.97. The van der Waals surface area contributed by atoms with Gasteiger partial charge in [0, 0.05) is 27.0 Å². The predicted octanol–water partition coefficient (Wildman–Crippen LogP) is -1.05. The summed E-state index contributed by atoms with van der Waals surface area (Å²) in [5.74, 6) is 0.739. The molecule has 0 aromatic carbocycles. The van der Waals surface area contributed by atoms with Gasteiger partial charge in [0.25, 0.3) is 0 Å². The number of rotatable bonds is 8. The number of aliphatic hydroxyl groups excluding tert-OH is 3. The lowest BCUT2D eigenvalue weighted by Crippen LogP contribution is -2.64. The SMILES string of the molecule is COP(=O)(/C=C/CO[C@H]1O[C@H](CO)[C@@H](O)[C@H](O)[C@H]1NC(C)=O)OC. The summed E-state index contributed by atoms with van der Waals surface area (Å²) < 4.78 is 32.0. The average Bonchev–Trinajstić information content (AvgIpc) is 2.56. The van der Waals surface area contributed by atoms with E-state index in [9.17, 15) is 24.7 Å². The number of hydrogen-bond donors (Lipinski definition) is 4. The summed E-state index contributed by atoms with van der Waals surface area (Å²) in [6, 6.07) is -1.04. The molecule has 140 valence electrons. The predicted molar refractivity (Wildman–Crippen MR) is 82.1 cm³/mol. The Bertz CT molecular complexity index is 478. The summed E-state index contributed by atoms with van der Waals surface area (Å²) >= 11 is 0. The molecule has 0 spiro atoms. The number of aliphatic hydroxyl groups is 3. The van der Waals surface area contributed by atoms with E-state index < -0.39 is 50.8 Å². The number of nitrogens with one attached hydrogen (secondary N) is 1. The molecule has 11 heteroatoms. The van der Waals surface area contributed by atoms with Gasteiger partial charge in [0.05, 0.1) is 13.2 Å². The second-order valence-electron chi connectivity index (χ2n) is 5.06. The summed E-state index contributed by atoms with van der Waals surface area (Å²) in [6.45, 7) is 0.601. The number of carbonyl (C=O) groups excluding carboxylic acids is 1. The molecule has 1 heterocycles. The molecule has 1 saturated heterocycles. The van der Waals surface area contributed by atoms with Gasteiger partial charge in [0.15, 0.2) is 6.29 Å². The van der Waals surface area contributed by atoms with Crippen LogP contribution < -0.4 is 5.32 Å². The monoisotopic (exact) mass is 369 g/mol. The van der Waals surface area contributed by atoms with Crippen LogP contribution in [-0.4, -0.2) is 79.3 Å². The standard InChI is InChI=1S/C13H24NO9P/c1-8(16)14-10-12(18)11(17)9(7-15)23-13(10)22-5-4-6-24(19,20-2)21-3/h4,6,9-13,15,17-18H,5,7H2,1-3H3,(H,14,16)/b6-4+/t9-,10-,11-,12-,13+/m1/s1. The minimum Gasteiger partial charge on any atom is -0.394 e. The van der Waals surface area contributed by atoms with E-state index in [1.807, 2.05) is 0 Å². The van der Waals surface area contributed by atoms with E-state index in [1.54, 1.807) is 0 Å². The third-order valence-electron chi connectivity index (χ3n) is 3.40. The highest BCUT2D eigenvalue weighted by atomic mass is 31.2. The summed E-state index contributed by atoms with van der Waals surface area (Å²) in [6.07, 6.45) is -3.60. The number of amides is 1. The van der Waals surface area contributed by atoms with Crippen molar-refractivity contribution in [1.82, 2.24) is 5.32 Å². The maximum Gasteiger partial charge on any atom is 0.353 e. The normalized spacial score (nSPS) is 31.3. The van der Waals surface area contributed by atoms with Gasteiger partial charge >= 0.3 is 7.60 Å². The molecule has 1 rings (SSSR count). The van der Waals surface area contributed by atoms with Crippen LogP contribution in [0.5, 0.6) is 0 Å². The maximum atomic E-state index is 11.8. The van der Waals surface area contributed by atoms with Gasteiger partial charge in [-0.15, -0.1) is 0 Å². The highest BCUT2D eigenvalue weighted by Gasteiger charge is 2.45. The highest BCUT2D eigenvalue weighted by molar-refractivity contribution is 7.57. The maximum absolute atomic E-state index is 11.8. The Morgan fingerprint density at radius 2 is 1.92 bits per heavy atom. The van der Waals surface area contributed by atoms with Gasteiger partial charge in [-0.05, 0) is 0 Å². The molecular formula is C13H24NO9P. The average molecular weight is 369 g/mol. The number of hydrogen-bond acceptors (Lipinski definition) is 9. The van der Waals surface area contributed by atoms with Crippen molar-refractivity contribution >= 4 is 13.5 Å². The molecule has 0 aromatic heterocycles. The fourth-order valence-corrected chi connectivity index (χ4v) is 2.87. The molecule has 0 aromatic rings. The molecule has 1 amide bonds. The van der Waals surface area contributed by atoms with Crippen molar-refractivity contribution in [3.63, 3.8) is 0 Å². The van der Waals surface area contributed by atoms with E-state index in [-0.39, 0.29) is 6.61 Å². The molecule has 1 aliphatic heterocycles. The molecule has 5 atom stereocenters. The van der Waals surface area contributed by atoms with Crippen molar-refractivity contribution in [3.8, 4) is 0 Å². The Balaban J connectivity index is 2.75. The van der Waals surface area contributed by atoms with Crippen LogP contribution in [-0.2, 0) is 27.9 Å². The minimum absolute atomic E-state index is 0.0988. The highest BCUT2D eigenvalue weighted by Crippen LogP contribution is 2.47. The van der Waals surface area contributed by atoms with Crippen LogP contribution in [0.25, 0.3) is 0 Å². The van der Waals surface area contributed by atoms with E-state index in [0.717, 1.165) is 0 Å². The zero-order valence-electron chi connectivity index (χ0n) is 13.7. The quantitative estimate of drug-likeness (QED) is 0.394. The van der Waals surface area contributed by atoms with Gasteiger partial charge in [0.1, 0.15) is 24.4 Å². The van der Waals surface area contributed by atoms with Crippen molar-refractivity contribution < 1.29 is 43.2 Å². The molecule has 0 radical (unpaired) electrons. The van der Waals surface area contributed by atoms with Crippen LogP contribution >= 0.6 is 7.60 Å². The molecule has 0 saturated carbocycles. The van der Waals surface area contributed by atoms with E-state index >= 15 is 0 Å². The van der Waals surface area contributed by atoms with E-state index in [0.29, 0.717) is 0 Å². The first-order valence-electron chi connectivity index (χ1n) is 7.18. The zero-order valence-corrected chi connectivity index (χ0v) is 14.6. The molecule has 24 heavy (non-hydrogen) atoms. The van der Waals surface area contributed by atoms with Crippen LogP contribution in [0.1, 0.15) is 6.92 Å². The van der Waals surface area contributed by atoms with Crippen molar-refractivity contribution in [2.45, 2.75) is 37.6 Å². The van der Waals surface area contributed by atoms with Crippen LogP contribution in [0, 0.1) is 0 Å². The fourth-order valence-electron chi connectivity index (χ4n) is 2.13. The molecule has 0 aliphatic carbocycles. The van der Waals surface area contributed by atoms with Gasteiger partial charge in [-0.25, -0.2) is 0 Å². The molecular weight excluding hydrogens is 345 g/mol. The lowest BCUT2D eigenvalue weighted by Gasteiger charge is -2.42. The lowest BCUT2D eigenvalue weighted by molar-refractivity contribution is -0.267. The minimum atomic E-state index is -3.33. The van der Waals surface area contributed by atoms with Gasteiger partial charge in [-0.3, -0.25) is 9.36 Å². The van der Waals surface area contributed by atoms with Crippen molar-refractivity contribution in [2.75, 3.05) is 27.4 Å². The van der Waals surface area contributed by atoms with Crippen LogP contribution in [0.3, 0.4) is 0 Å². The smallest absolute Gasteiger partial charge is 0.353 e. The van der Waals surface area contributed by atoms with Crippen LogP contribution in [0.4, 0.5) is 0 Å². The van der Waals surface area contributed by atoms with Gasteiger partial charge in [-0.2, -0.15) is 0 Å². The van der Waals surface area contributed by atoms with Crippen LogP contribution in [0.2, 0.25) is 0 Å².